The van der Waals surface area contributed by atoms with Gasteiger partial charge in [0.2, 0.25) is 0 Å². The molecule has 1 aliphatic rings. The highest BCUT2D eigenvalue weighted by atomic mass is 16.5. The zero-order valence-corrected chi connectivity index (χ0v) is 12.7. The fraction of sp³-hybridized carbons (Fsp3) is 0.278. The van der Waals surface area contributed by atoms with E-state index in [1.807, 2.05) is 47.4 Å². The van der Waals surface area contributed by atoms with E-state index < -0.39 is 0 Å². The first-order valence-corrected chi connectivity index (χ1v) is 7.51. The quantitative estimate of drug-likeness (QED) is 0.873. The van der Waals surface area contributed by atoms with Gasteiger partial charge >= 0.3 is 0 Å². The van der Waals surface area contributed by atoms with Crippen LogP contribution in [-0.2, 0) is 0 Å². The number of rotatable bonds is 3. The van der Waals surface area contributed by atoms with Crippen LogP contribution in [0.4, 0.5) is 5.69 Å². The van der Waals surface area contributed by atoms with Crippen molar-refractivity contribution < 1.29 is 9.53 Å². The maximum absolute atomic E-state index is 12.4. The third-order valence-electron chi connectivity index (χ3n) is 4.03. The van der Waals surface area contributed by atoms with Crippen LogP contribution in [-0.4, -0.2) is 44.1 Å². The predicted molar refractivity (Wildman–Crippen MR) is 87.6 cm³/mol. The molecule has 0 radical (unpaired) electrons. The van der Waals surface area contributed by atoms with Crippen LogP contribution < -0.4 is 9.64 Å². The average molecular weight is 296 g/mol. The Labute approximate surface area is 130 Å². The number of ether oxygens (including phenoxy) is 1. The minimum Gasteiger partial charge on any atom is -0.497 e. The van der Waals surface area contributed by atoms with Gasteiger partial charge in [0.1, 0.15) is 5.75 Å². The number of hydrogen-bond donors (Lipinski definition) is 0. The lowest BCUT2D eigenvalue weighted by atomic mass is 10.1. The molecule has 1 amide bonds. The minimum atomic E-state index is 0.120. The van der Waals surface area contributed by atoms with Crippen molar-refractivity contribution >= 4 is 11.6 Å². The molecule has 0 bridgehead atoms. The van der Waals surface area contributed by atoms with Crippen LogP contribution in [0.5, 0.6) is 5.75 Å². The van der Waals surface area contributed by atoms with Crippen molar-refractivity contribution in [3.05, 3.63) is 60.2 Å². The van der Waals surface area contributed by atoms with E-state index in [2.05, 4.69) is 17.0 Å². The maximum Gasteiger partial charge on any atom is 0.253 e. The summed E-state index contributed by atoms with van der Waals surface area (Å²) in [7, 11) is 1.67. The molecule has 114 valence electrons. The second-order valence-corrected chi connectivity index (χ2v) is 5.34. The van der Waals surface area contributed by atoms with E-state index in [0.717, 1.165) is 37.5 Å². The highest BCUT2D eigenvalue weighted by Crippen LogP contribution is 2.21. The molecule has 3 rings (SSSR count). The van der Waals surface area contributed by atoms with Gasteiger partial charge in [0.25, 0.3) is 5.91 Å². The summed E-state index contributed by atoms with van der Waals surface area (Å²) in [6, 6.07) is 17.5. The molecule has 0 unspecified atom stereocenters. The van der Waals surface area contributed by atoms with Crippen LogP contribution in [0.3, 0.4) is 0 Å². The van der Waals surface area contributed by atoms with Gasteiger partial charge in [-0.2, -0.15) is 0 Å². The molecule has 0 N–H and O–H groups in total. The van der Waals surface area contributed by atoms with Crippen LogP contribution in [0.15, 0.2) is 54.6 Å². The van der Waals surface area contributed by atoms with Crippen molar-refractivity contribution in [2.24, 2.45) is 0 Å². The van der Waals surface area contributed by atoms with Gasteiger partial charge in [0.15, 0.2) is 0 Å². The van der Waals surface area contributed by atoms with Crippen LogP contribution in [0.2, 0.25) is 0 Å². The number of carbonyl (C=O) groups is 1. The van der Waals surface area contributed by atoms with Gasteiger partial charge in [0.05, 0.1) is 7.11 Å². The Balaban J connectivity index is 1.61. The van der Waals surface area contributed by atoms with Gasteiger partial charge in [-0.3, -0.25) is 4.79 Å². The first kappa shape index (κ1) is 14.4. The van der Waals surface area contributed by atoms with E-state index in [0.29, 0.717) is 0 Å². The maximum atomic E-state index is 12.4. The Hall–Kier alpha value is -2.49. The highest BCUT2D eigenvalue weighted by molar-refractivity contribution is 5.94. The zero-order chi connectivity index (χ0) is 15.4. The SMILES string of the molecule is COc1ccc(N2CCN(C(=O)c3ccccc3)CC2)cc1. The number of carbonyl (C=O) groups excluding carboxylic acids is 1. The van der Waals surface area contributed by atoms with E-state index in [-0.39, 0.29) is 5.91 Å². The summed E-state index contributed by atoms with van der Waals surface area (Å²) in [6.45, 7) is 3.20. The lowest BCUT2D eigenvalue weighted by Crippen LogP contribution is -2.48. The molecular formula is C18H20N2O2. The molecule has 1 heterocycles. The van der Waals surface area contributed by atoms with E-state index in [1.54, 1.807) is 7.11 Å². The molecule has 4 heteroatoms. The molecule has 2 aromatic carbocycles. The average Bonchev–Trinajstić information content (AvgIpc) is 2.62. The topological polar surface area (TPSA) is 32.8 Å². The normalized spacial score (nSPS) is 14.8. The van der Waals surface area contributed by atoms with Crippen LogP contribution in [0.1, 0.15) is 10.4 Å². The van der Waals surface area contributed by atoms with Gasteiger partial charge in [-0.1, -0.05) is 18.2 Å². The van der Waals surface area contributed by atoms with Crippen LogP contribution in [0.25, 0.3) is 0 Å². The predicted octanol–water partition coefficient (Wildman–Crippen LogP) is 2.66. The Morgan fingerprint density at radius 1 is 0.909 bits per heavy atom. The molecule has 22 heavy (non-hydrogen) atoms. The monoisotopic (exact) mass is 296 g/mol. The first-order valence-electron chi connectivity index (χ1n) is 7.51. The number of anilines is 1. The van der Waals surface area contributed by atoms with Crippen molar-refractivity contribution in [1.82, 2.24) is 4.90 Å². The second-order valence-electron chi connectivity index (χ2n) is 5.34. The van der Waals surface area contributed by atoms with Gasteiger partial charge in [-0.05, 0) is 36.4 Å². The number of amides is 1. The summed E-state index contributed by atoms with van der Waals surface area (Å²) in [6.07, 6.45) is 0. The van der Waals surface area contributed by atoms with E-state index in [4.69, 9.17) is 4.74 Å². The molecule has 4 nitrogen and oxygen atoms in total. The number of hydrogen-bond acceptors (Lipinski definition) is 3. The third kappa shape index (κ3) is 3.06. The van der Waals surface area contributed by atoms with Gasteiger partial charge in [-0.25, -0.2) is 0 Å². The van der Waals surface area contributed by atoms with Crippen molar-refractivity contribution in [3.8, 4) is 5.75 Å². The van der Waals surface area contributed by atoms with E-state index in [1.165, 1.54) is 5.69 Å². The molecule has 0 saturated carbocycles. The van der Waals surface area contributed by atoms with Crippen molar-refractivity contribution in [2.75, 3.05) is 38.2 Å². The number of benzene rings is 2. The standard InChI is InChI=1S/C18H20N2O2/c1-22-17-9-7-16(8-10-17)19-11-13-20(14-12-19)18(21)15-5-3-2-4-6-15/h2-10H,11-14H2,1H3. The lowest BCUT2D eigenvalue weighted by molar-refractivity contribution is 0.0747. The number of methoxy groups -OCH3 is 1. The molecule has 1 aliphatic heterocycles. The van der Waals surface area contributed by atoms with Crippen LogP contribution in [0, 0.1) is 0 Å². The zero-order valence-electron chi connectivity index (χ0n) is 12.7. The smallest absolute Gasteiger partial charge is 0.253 e. The van der Waals surface area contributed by atoms with Gasteiger partial charge in [-0.15, -0.1) is 0 Å². The fourth-order valence-electron chi connectivity index (χ4n) is 2.72. The molecule has 1 fully saturated rings. The van der Waals surface area contributed by atoms with Gasteiger partial charge < -0.3 is 14.5 Å². The Bertz CT molecular complexity index is 617. The van der Waals surface area contributed by atoms with Crippen molar-refractivity contribution in [2.45, 2.75) is 0 Å². The minimum absolute atomic E-state index is 0.120. The Morgan fingerprint density at radius 2 is 1.55 bits per heavy atom. The number of nitrogens with zero attached hydrogens (tertiary/aromatic N) is 2. The molecule has 1 saturated heterocycles. The molecule has 2 aromatic rings. The number of piperazine rings is 1. The third-order valence-corrected chi connectivity index (χ3v) is 4.03. The lowest BCUT2D eigenvalue weighted by Gasteiger charge is -2.36. The summed E-state index contributed by atoms with van der Waals surface area (Å²) in [5.41, 5.74) is 1.94. The van der Waals surface area contributed by atoms with E-state index >= 15 is 0 Å². The molecular weight excluding hydrogens is 276 g/mol. The summed E-state index contributed by atoms with van der Waals surface area (Å²) < 4.78 is 5.18. The summed E-state index contributed by atoms with van der Waals surface area (Å²) >= 11 is 0. The largest absolute Gasteiger partial charge is 0.497 e. The van der Waals surface area contributed by atoms with Crippen molar-refractivity contribution in [1.29, 1.82) is 0 Å². The molecule has 0 spiro atoms. The highest BCUT2D eigenvalue weighted by Gasteiger charge is 2.22. The molecule has 0 atom stereocenters. The van der Waals surface area contributed by atoms with Crippen LogP contribution >= 0.6 is 0 Å². The molecule has 0 aliphatic carbocycles. The van der Waals surface area contributed by atoms with Crippen molar-refractivity contribution in [3.63, 3.8) is 0 Å². The summed E-state index contributed by atoms with van der Waals surface area (Å²) in [4.78, 5) is 16.6. The first-order chi connectivity index (χ1) is 10.8. The Kier molecular flexibility index (Phi) is 4.28. The summed E-state index contributed by atoms with van der Waals surface area (Å²) in [5.74, 6) is 0.983. The second kappa shape index (κ2) is 6.52. The summed E-state index contributed by atoms with van der Waals surface area (Å²) in [5, 5.41) is 0. The van der Waals surface area contributed by atoms with E-state index in [9.17, 15) is 4.79 Å². The molecule has 0 aromatic heterocycles. The van der Waals surface area contributed by atoms with Gasteiger partial charge in [0, 0.05) is 37.4 Å². The fourth-order valence-corrected chi connectivity index (χ4v) is 2.72. The Morgan fingerprint density at radius 3 is 2.14 bits per heavy atom.